The molecule has 28 heavy (non-hydrogen) atoms. The van der Waals surface area contributed by atoms with Crippen molar-refractivity contribution in [3.8, 4) is 23.0 Å². The van der Waals surface area contributed by atoms with Gasteiger partial charge < -0.3 is 13.9 Å². The number of hydrogen-bond donors (Lipinski definition) is 0. The molecule has 152 valence electrons. The summed E-state index contributed by atoms with van der Waals surface area (Å²) in [6, 6.07) is 5.42. The Bertz CT molecular complexity index is 952. The van der Waals surface area contributed by atoms with Crippen LogP contribution in [0, 0.1) is 6.92 Å². The zero-order chi connectivity index (χ0) is 20.3. The summed E-state index contributed by atoms with van der Waals surface area (Å²) < 4.78 is 40.3. The quantitative estimate of drug-likeness (QED) is 0.624. The van der Waals surface area contributed by atoms with Gasteiger partial charge in [-0.25, -0.2) is 13.4 Å². The molecule has 1 atom stereocenters. The molecule has 7 nitrogen and oxygen atoms in total. The van der Waals surface area contributed by atoms with Gasteiger partial charge in [-0.1, -0.05) is 6.08 Å². The minimum Gasteiger partial charge on any atom is -0.497 e. The fourth-order valence-corrected chi connectivity index (χ4v) is 5.19. The van der Waals surface area contributed by atoms with Crippen LogP contribution in [-0.2, 0) is 16.4 Å². The van der Waals surface area contributed by atoms with Gasteiger partial charge >= 0.3 is 0 Å². The highest BCUT2D eigenvalue weighted by Gasteiger charge is 2.32. The van der Waals surface area contributed by atoms with E-state index in [0.29, 0.717) is 42.7 Å². The second-order valence-corrected chi connectivity index (χ2v) is 9.09. The van der Waals surface area contributed by atoms with Gasteiger partial charge in [-0.05, 0) is 25.5 Å². The van der Waals surface area contributed by atoms with E-state index < -0.39 is 9.84 Å². The first-order chi connectivity index (χ1) is 13.4. The molecule has 0 radical (unpaired) electrons. The van der Waals surface area contributed by atoms with Crippen LogP contribution < -0.4 is 9.47 Å². The second-order valence-electron chi connectivity index (χ2n) is 6.86. The molecule has 0 unspecified atom stereocenters. The summed E-state index contributed by atoms with van der Waals surface area (Å²) in [5.74, 6) is 2.86. The molecule has 1 fully saturated rings. The Morgan fingerprint density at radius 1 is 1.36 bits per heavy atom. The molecule has 0 aliphatic carbocycles. The fraction of sp³-hybridized carbons (Fsp3) is 0.450. The van der Waals surface area contributed by atoms with Crippen LogP contribution in [0.15, 0.2) is 35.3 Å². The number of benzene rings is 1. The monoisotopic (exact) mass is 406 g/mol. The summed E-state index contributed by atoms with van der Waals surface area (Å²) in [5, 5.41) is 0. The molecule has 1 aliphatic heterocycles. The lowest BCUT2D eigenvalue weighted by Gasteiger charge is -2.25. The molecule has 0 spiro atoms. The predicted octanol–water partition coefficient (Wildman–Crippen LogP) is 2.84. The summed E-state index contributed by atoms with van der Waals surface area (Å²) in [4.78, 5) is 6.76. The van der Waals surface area contributed by atoms with Crippen LogP contribution in [0.25, 0.3) is 11.5 Å². The SMILES string of the molecule is C=CCN(Cc1nc(-c2ccc(OC)cc2OC)oc1C)[C@H]1CCS(=O)(=O)C1. The molecule has 0 bridgehead atoms. The summed E-state index contributed by atoms with van der Waals surface area (Å²) in [6.45, 7) is 6.75. The second kappa shape index (κ2) is 8.36. The molecule has 2 aromatic rings. The molecular formula is C20H26N2O5S. The number of aromatic nitrogens is 1. The number of rotatable bonds is 8. The third kappa shape index (κ3) is 4.39. The standard InChI is InChI=1S/C20H26N2O5S/c1-5-9-22(15-8-10-28(23,24)13-15)12-18-14(2)27-20(21-18)17-7-6-16(25-3)11-19(17)26-4/h5-7,11,15H,1,8-10,12-13H2,2-4H3/t15-/m0/s1. The molecule has 1 aliphatic rings. The van der Waals surface area contributed by atoms with Gasteiger partial charge in [0.2, 0.25) is 5.89 Å². The smallest absolute Gasteiger partial charge is 0.230 e. The van der Waals surface area contributed by atoms with Crippen molar-refractivity contribution >= 4 is 9.84 Å². The van der Waals surface area contributed by atoms with Gasteiger partial charge in [0.25, 0.3) is 0 Å². The number of nitrogens with zero attached hydrogens (tertiary/aromatic N) is 2. The van der Waals surface area contributed by atoms with Crippen LogP contribution in [0.1, 0.15) is 17.9 Å². The largest absolute Gasteiger partial charge is 0.497 e. The molecule has 3 rings (SSSR count). The maximum atomic E-state index is 11.9. The van der Waals surface area contributed by atoms with E-state index in [1.165, 1.54) is 0 Å². The highest BCUT2D eigenvalue weighted by Crippen LogP contribution is 2.34. The van der Waals surface area contributed by atoms with Crippen molar-refractivity contribution < 1.29 is 22.3 Å². The van der Waals surface area contributed by atoms with Gasteiger partial charge in [-0.3, -0.25) is 4.90 Å². The van der Waals surface area contributed by atoms with Crippen LogP contribution in [0.2, 0.25) is 0 Å². The lowest BCUT2D eigenvalue weighted by Crippen LogP contribution is -2.36. The van der Waals surface area contributed by atoms with E-state index in [4.69, 9.17) is 13.9 Å². The molecule has 0 amide bonds. The third-order valence-corrected chi connectivity index (χ3v) is 6.72. The van der Waals surface area contributed by atoms with E-state index in [2.05, 4.69) is 16.5 Å². The van der Waals surface area contributed by atoms with Gasteiger partial charge in [0.1, 0.15) is 17.3 Å². The third-order valence-electron chi connectivity index (χ3n) is 4.97. The van der Waals surface area contributed by atoms with Crippen LogP contribution >= 0.6 is 0 Å². The first-order valence-electron chi connectivity index (χ1n) is 9.11. The van der Waals surface area contributed by atoms with E-state index in [1.54, 1.807) is 26.4 Å². The van der Waals surface area contributed by atoms with E-state index in [-0.39, 0.29) is 17.5 Å². The molecule has 2 heterocycles. The van der Waals surface area contributed by atoms with Gasteiger partial charge in [0.05, 0.1) is 37.0 Å². The van der Waals surface area contributed by atoms with Crippen LogP contribution in [-0.4, -0.2) is 56.6 Å². The maximum absolute atomic E-state index is 11.9. The van der Waals surface area contributed by atoms with Crippen molar-refractivity contribution in [2.24, 2.45) is 0 Å². The number of ether oxygens (including phenoxy) is 2. The van der Waals surface area contributed by atoms with Crippen LogP contribution in [0.3, 0.4) is 0 Å². The van der Waals surface area contributed by atoms with Crippen molar-refractivity contribution in [1.82, 2.24) is 9.88 Å². The Morgan fingerprint density at radius 2 is 2.14 bits per heavy atom. The van der Waals surface area contributed by atoms with Crippen molar-refractivity contribution in [3.63, 3.8) is 0 Å². The number of aryl methyl sites for hydroxylation is 1. The molecule has 1 saturated heterocycles. The summed E-state index contributed by atoms with van der Waals surface area (Å²) in [6.07, 6.45) is 2.42. The number of oxazole rings is 1. The lowest BCUT2D eigenvalue weighted by atomic mass is 10.2. The zero-order valence-electron chi connectivity index (χ0n) is 16.5. The van der Waals surface area contributed by atoms with Gasteiger partial charge in [-0.15, -0.1) is 6.58 Å². The van der Waals surface area contributed by atoms with Crippen LogP contribution in [0.5, 0.6) is 11.5 Å². The number of hydrogen-bond acceptors (Lipinski definition) is 7. The van der Waals surface area contributed by atoms with Crippen molar-refractivity contribution in [2.75, 3.05) is 32.3 Å². The van der Waals surface area contributed by atoms with Crippen molar-refractivity contribution in [2.45, 2.75) is 25.9 Å². The first-order valence-corrected chi connectivity index (χ1v) is 10.9. The summed E-state index contributed by atoms with van der Waals surface area (Å²) in [5.41, 5.74) is 1.51. The average molecular weight is 407 g/mol. The predicted molar refractivity (Wildman–Crippen MR) is 107 cm³/mol. The van der Waals surface area contributed by atoms with E-state index in [0.717, 1.165) is 11.3 Å². The fourth-order valence-electron chi connectivity index (χ4n) is 3.43. The Morgan fingerprint density at radius 3 is 2.75 bits per heavy atom. The molecule has 8 heteroatoms. The zero-order valence-corrected chi connectivity index (χ0v) is 17.3. The Kier molecular flexibility index (Phi) is 6.10. The minimum absolute atomic E-state index is 0.0296. The Labute approximate surface area is 165 Å². The Balaban J connectivity index is 1.86. The topological polar surface area (TPSA) is 81.9 Å². The van der Waals surface area contributed by atoms with Gasteiger partial charge in [0.15, 0.2) is 9.84 Å². The van der Waals surface area contributed by atoms with Crippen molar-refractivity contribution in [3.05, 3.63) is 42.3 Å². The average Bonchev–Trinajstić information content (AvgIpc) is 3.22. The molecular weight excluding hydrogens is 380 g/mol. The van der Waals surface area contributed by atoms with Crippen molar-refractivity contribution in [1.29, 1.82) is 0 Å². The summed E-state index contributed by atoms with van der Waals surface area (Å²) >= 11 is 0. The maximum Gasteiger partial charge on any atom is 0.230 e. The van der Waals surface area contributed by atoms with Crippen LogP contribution in [0.4, 0.5) is 0 Å². The van der Waals surface area contributed by atoms with Gasteiger partial charge in [0, 0.05) is 25.2 Å². The molecule has 1 aromatic carbocycles. The number of methoxy groups -OCH3 is 2. The van der Waals surface area contributed by atoms with E-state index in [1.807, 2.05) is 19.1 Å². The molecule has 1 aromatic heterocycles. The van der Waals surface area contributed by atoms with Gasteiger partial charge in [-0.2, -0.15) is 0 Å². The highest BCUT2D eigenvalue weighted by atomic mass is 32.2. The normalized spacial score (nSPS) is 18.4. The number of sulfone groups is 1. The van der Waals surface area contributed by atoms with E-state index in [9.17, 15) is 8.42 Å². The summed E-state index contributed by atoms with van der Waals surface area (Å²) in [7, 11) is 0.218. The molecule has 0 saturated carbocycles. The lowest BCUT2D eigenvalue weighted by molar-refractivity contribution is 0.223. The first kappa shape index (κ1) is 20.4. The minimum atomic E-state index is -2.96. The molecule has 0 N–H and O–H groups in total. The highest BCUT2D eigenvalue weighted by molar-refractivity contribution is 7.91. The Hall–Kier alpha value is -2.32. The van der Waals surface area contributed by atoms with E-state index >= 15 is 0 Å².